The number of benzene rings is 2. The lowest BCUT2D eigenvalue weighted by molar-refractivity contribution is -0.144. The first-order valence-electron chi connectivity index (χ1n) is 8.81. The van der Waals surface area contributed by atoms with E-state index in [2.05, 4.69) is 6.58 Å². The van der Waals surface area contributed by atoms with Gasteiger partial charge in [-0.25, -0.2) is 4.79 Å². The third-order valence-electron chi connectivity index (χ3n) is 3.99. The Labute approximate surface area is 167 Å². The molecule has 0 radical (unpaired) electrons. The fourth-order valence-corrected chi connectivity index (χ4v) is 2.63. The van der Waals surface area contributed by atoms with Crippen LogP contribution in [-0.4, -0.2) is 26.3 Å². The Kier molecular flexibility index (Phi) is 6.19. The lowest BCUT2D eigenvalue weighted by Crippen LogP contribution is -2.15. The number of methoxy groups -OCH3 is 1. The van der Waals surface area contributed by atoms with Crippen molar-refractivity contribution in [2.75, 3.05) is 20.3 Å². The first-order chi connectivity index (χ1) is 14.0. The summed E-state index contributed by atoms with van der Waals surface area (Å²) in [4.78, 5) is 24.4. The van der Waals surface area contributed by atoms with Crippen molar-refractivity contribution in [3.05, 3.63) is 71.1 Å². The molecule has 0 aliphatic rings. The van der Waals surface area contributed by atoms with E-state index in [1.54, 1.807) is 43.3 Å². The largest absolute Gasteiger partial charge is 0.493 e. The molecule has 0 aliphatic heterocycles. The highest BCUT2D eigenvalue weighted by Crippen LogP contribution is 2.32. The number of fused-ring (bicyclic) bond motifs is 1. The van der Waals surface area contributed by atoms with Crippen molar-refractivity contribution in [1.29, 1.82) is 0 Å². The molecule has 3 rings (SSSR count). The molecule has 2 aromatic carbocycles. The van der Waals surface area contributed by atoms with Gasteiger partial charge in [0.25, 0.3) is 0 Å². The van der Waals surface area contributed by atoms with Crippen LogP contribution < -0.4 is 19.6 Å². The number of hydrogen-bond donors (Lipinski definition) is 0. The highest BCUT2D eigenvalue weighted by atomic mass is 16.6. The Morgan fingerprint density at radius 3 is 2.66 bits per heavy atom. The summed E-state index contributed by atoms with van der Waals surface area (Å²) in [7, 11) is 1.52. The van der Waals surface area contributed by atoms with Crippen LogP contribution in [0.3, 0.4) is 0 Å². The number of rotatable bonds is 8. The van der Waals surface area contributed by atoms with Crippen molar-refractivity contribution in [2.24, 2.45) is 0 Å². The smallest absolute Gasteiger partial charge is 0.344 e. The van der Waals surface area contributed by atoms with Crippen LogP contribution >= 0.6 is 0 Å². The van der Waals surface area contributed by atoms with Gasteiger partial charge >= 0.3 is 5.97 Å². The summed E-state index contributed by atoms with van der Waals surface area (Å²) in [6, 6.07) is 11.7. The number of ether oxygens (including phenoxy) is 4. The van der Waals surface area contributed by atoms with E-state index in [4.69, 9.17) is 23.4 Å². The maximum Gasteiger partial charge on any atom is 0.344 e. The molecule has 0 saturated heterocycles. The summed E-state index contributed by atoms with van der Waals surface area (Å²) >= 11 is 0. The molecule has 0 spiro atoms. The highest BCUT2D eigenvalue weighted by molar-refractivity contribution is 5.80. The molecule has 0 aliphatic carbocycles. The topological polar surface area (TPSA) is 84.2 Å². The van der Waals surface area contributed by atoms with Crippen molar-refractivity contribution >= 4 is 16.9 Å². The summed E-state index contributed by atoms with van der Waals surface area (Å²) < 4.78 is 27.0. The van der Waals surface area contributed by atoms with Gasteiger partial charge in [0.05, 0.1) is 12.5 Å². The van der Waals surface area contributed by atoms with Crippen molar-refractivity contribution in [1.82, 2.24) is 0 Å². The van der Waals surface area contributed by atoms with Crippen LogP contribution in [0.4, 0.5) is 0 Å². The zero-order valence-electron chi connectivity index (χ0n) is 16.1. The van der Waals surface area contributed by atoms with Gasteiger partial charge in [-0.15, -0.1) is 0 Å². The Morgan fingerprint density at radius 1 is 1.17 bits per heavy atom. The minimum atomic E-state index is -0.525. The zero-order valence-corrected chi connectivity index (χ0v) is 16.1. The number of carbonyl (C=O) groups is 1. The first kappa shape index (κ1) is 20.0. The highest BCUT2D eigenvalue weighted by Gasteiger charge is 2.16. The fraction of sp³-hybridized carbons (Fsp3) is 0.182. The van der Waals surface area contributed by atoms with Gasteiger partial charge in [0.15, 0.2) is 18.1 Å². The maximum absolute atomic E-state index is 12.9. The summed E-state index contributed by atoms with van der Waals surface area (Å²) in [5.74, 6) is 1.12. The number of esters is 1. The van der Waals surface area contributed by atoms with Crippen LogP contribution in [0.5, 0.6) is 23.0 Å². The molecule has 29 heavy (non-hydrogen) atoms. The van der Waals surface area contributed by atoms with E-state index in [1.165, 1.54) is 19.3 Å². The lowest BCUT2D eigenvalue weighted by atomic mass is 10.2. The molecular weight excluding hydrogens is 376 g/mol. The number of aryl methyl sites for hydroxylation is 1. The van der Waals surface area contributed by atoms with Crippen LogP contribution in [0.2, 0.25) is 0 Å². The molecule has 0 atom stereocenters. The second kappa shape index (κ2) is 8.97. The van der Waals surface area contributed by atoms with Crippen LogP contribution in [0.15, 0.2) is 64.3 Å². The van der Waals surface area contributed by atoms with E-state index in [1.807, 2.05) is 0 Å². The van der Waals surface area contributed by atoms with Gasteiger partial charge in [0.2, 0.25) is 11.2 Å². The maximum atomic E-state index is 12.9. The standard InChI is InChI=1S/C22H20O7/c1-4-11-26-20(23)13-27-15-9-10-16-19(12-15)28-14(2)22(21(16)24)29-18-8-6-5-7-17(18)25-3/h4-10,12H,1,11,13H2,2-3H3. The minimum absolute atomic E-state index is 0.0728. The fourth-order valence-electron chi connectivity index (χ4n) is 2.63. The van der Waals surface area contributed by atoms with Gasteiger partial charge in [0, 0.05) is 6.07 Å². The van der Waals surface area contributed by atoms with E-state index in [9.17, 15) is 9.59 Å². The molecule has 1 heterocycles. The first-order valence-corrected chi connectivity index (χ1v) is 8.81. The summed E-state index contributed by atoms with van der Waals surface area (Å²) in [6.07, 6.45) is 1.47. The van der Waals surface area contributed by atoms with Crippen LogP contribution in [0.1, 0.15) is 5.76 Å². The predicted octanol–water partition coefficient (Wildman–Crippen LogP) is 4.01. The Morgan fingerprint density at radius 2 is 1.93 bits per heavy atom. The Hall–Kier alpha value is -3.74. The number of hydrogen-bond acceptors (Lipinski definition) is 7. The van der Waals surface area contributed by atoms with Gasteiger partial charge in [-0.2, -0.15) is 0 Å². The van der Waals surface area contributed by atoms with Crippen LogP contribution in [-0.2, 0) is 9.53 Å². The third-order valence-corrected chi connectivity index (χ3v) is 3.99. The van der Waals surface area contributed by atoms with E-state index in [0.717, 1.165) is 0 Å². The molecule has 7 heteroatoms. The molecule has 0 fully saturated rings. The van der Waals surface area contributed by atoms with Gasteiger partial charge in [-0.3, -0.25) is 4.79 Å². The Balaban J connectivity index is 1.87. The van der Waals surface area contributed by atoms with Crippen LogP contribution in [0.25, 0.3) is 11.0 Å². The quantitative estimate of drug-likeness (QED) is 0.420. The number of para-hydroxylation sites is 2. The van der Waals surface area contributed by atoms with E-state index < -0.39 is 5.97 Å². The summed E-state index contributed by atoms with van der Waals surface area (Å²) in [5, 5.41) is 0.321. The van der Waals surface area contributed by atoms with Crippen LogP contribution in [0, 0.1) is 6.92 Å². The van der Waals surface area contributed by atoms with Gasteiger partial charge < -0.3 is 23.4 Å². The van der Waals surface area contributed by atoms with Crippen molar-refractivity contribution in [2.45, 2.75) is 6.92 Å². The summed E-state index contributed by atoms with van der Waals surface area (Å²) in [5.41, 5.74) is -0.0107. The molecule has 1 aromatic heterocycles. The molecule has 0 amide bonds. The third kappa shape index (κ3) is 4.57. The molecule has 0 saturated carbocycles. The molecule has 3 aromatic rings. The lowest BCUT2D eigenvalue weighted by Gasteiger charge is -2.12. The molecule has 150 valence electrons. The Bertz CT molecular complexity index is 1100. The summed E-state index contributed by atoms with van der Waals surface area (Å²) in [6.45, 7) is 4.95. The minimum Gasteiger partial charge on any atom is -0.493 e. The molecule has 0 N–H and O–H groups in total. The predicted molar refractivity (Wildman–Crippen MR) is 107 cm³/mol. The van der Waals surface area contributed by atoms with Gasteiger partial charge in [-0.05, 0) is 31.2 Å². The SMILES string of the molecule is C=CCOC(=O)COc1ccc2c(=O)c(Oc3ccccc3OC)c(C)oc2c1. The van der Waals surface area contributed by atoms with Gasteiger partial charge in [0.1, 0.15) is 23.7 Å². The van der Waals surface area contributed by atoms with E-state index in [0.29, 0.717) is 34.0 Å². The molecule has 0 bridgehead atoms. The van der Waals surface area contributed by atoms with Gasteiger partial charge in [-0.1, -0.05) is 24.8 Å². The second-order valence-corrected chi connectivity index (χ2v) is 5.99. The van der Waals surface area contributed by atoms with Crippen molar-refractivity contribution < 1.29 is 28.2 Å². The average molecular weight is 396 g/mol. The zero-order chi connectivity index (χ0) is 20.8. The number of carbonyl (C=O) groups excluding carboxylic acids is 1. The molecule has 7 nitrogen and oxygen atoms in total. The molecular formula is C22H20O7. The monoisotopic (exact) mass is 396 g/mol. The van der Waals surface area contributed by atoms with E-state index >= 15 is 0 Å². The van der Waals surface area contributed by atoms with Crippen molar-refractivity contribution in [3.8, 4) is 23.0 Å². The average Bonchev–Trinajstić information content (AvgIpc) is 2.73. The van der Waals surface area contributed by atoms with E-state index in [-0.39, 0.29) is 24.4 Å². The van der Waals surface area contributed by atoms with Crippen molar-refractivity contribution in [3.63, 3.8) is 0 Å². The second-order valence-electron chi connectivity index (χ2n) is 5.99. The normalized spacial score (nSPS) is 10.4. The molecule has 0 unspecified atom stereocenters.